The fourth-order valence-electron chi connectivity index (χ4n) is 2.41. The first-order valence-electron chi connectivity index (χ1n) is 7.51. The van der Waals surface area contributed by atoms with E-state index in [2.05, 4.69) is 10.3 Å². The molecule has 0 saturated carbocycles. The molecule has 1 heterocycles. The van der Waals surface area contributed by atoms with E-state index in [9.17, 15) is 4.79 Å². The van der Waals surface area contributed by atoms with Crippen molar-refractivity contribution in [2.75, 3.05) is 6.61 Å². The third-order valence-corrected chi connectivity index (χ3v) is 3.57. The Balaban J connectivity index is 1.58. The minimum absolute atomic E-state index is 0.00642. The van der Waals surface area contributed by atoms with E-state index in [-0.39, 0.29) is 12.5 Å². The van der Waals surface area contributed by atoms with E-state index in [1.54, 1.807) is 6.20 Å². The fourth-order valence-corrected chi connectivity index (χ4v) is 2.41. The molecular weight excluding hydrogens is 288 g/mol. The van der Waals surface area contributed by atoms with Gasteiger partial charge in [-0.1, -0.05) is 30.3 Å². The van der Waals surface area contributed by atoms with Crippen molar-refractivity contribution in [3.8, 4) is 5.75 Å². The summed E-state index contributed by atoms with van der Waals surface area (Å²) >= 11 is 0. The summed E-state index contributed by atoms with van der Waals surface area (Å²) in [6.45, 7) is 2.45. The van der Waals surface area contributed by atoms with E-state index in [0.29, 0.717) is 12.3 Å². The molecule has 0 bridgehead atoms. The third kappa shape index (κ3) is 3.86. The molecule has 1 aromatic heterocycles. The topological polar surface area (TPSA) is 51.2 Å². The van der Waals surface area contributed by atoms with Crippen LogP contribution in [0.3, 0.4) is 0 Å². The highest BCUT2D eigenvalue weighted by Crippen LogP contribution is 2.16. The Bertz CT molecular complexity index is 825. The summed E-state index contributed by atoms with van der Waals surface area (Å²) in [7, 11) is 0. The van der Waals surface area contributed by atoms with Crippen LogP contribution in [0.4, 0.5) is 0 Å². The molecule has 3 aromatic rings. The van der Waals surface area contributed by atoms with Gasteiger partial charge in [0.1, 0.15) is 5.75 Å². The molecule has 0 aliphatic rings. The second-order valence-corrected chi connectivity index (χ2v) is 5.37. The molecule has 3 rings (SSSR count). The second-order valence-electron chi connectivity index (χ2n) is 5.37. The summed E-state index contributed by atoms with van der Waals surface area (Å²) in [5.74, 6) is 0.557. The summed E-state index contributed by atoms with van der Waals surface area (Å²) in [6.07, 6.45) is 1.76. The maximum atomic E-state index is 12.0. The Hall–Kier alpha value is -2.88. The van der Waals surface area contributed by atoms with Gasteiger partial charge in [0.15, 0.2) is 6.61 Å². The zero-order chi connectivity index (χ0) is 16.1. The lowest BCUT2D eigenvalue weighted by atomic mass is 10.1. The van der Waals surface area contributed by atoms with Crippen LogP contribution in [0.15, 0.2) is 60.8 Å². The molecule has 4 heteroatoms. The van der Waals surface area contributed by atoms with Crippen molar-refractivity contribution in [3.05, 3.63) is 71.9 Å². The van der Waals surface area contributed by atoms with Crippen LogP contribution < -0.4 is 10.1 Å². The van der Waals surface area contributed by atoms with Crippen molar-refractivity contribution < 1.29 is 9.53 Å². The molecule has 4 nitrogen and oxygen atoms in total. The van der Waals surface area contributed by atoms with Gasteiger partial charge in [0.25, 0.3) is 5.91 Å². The van der Waals surface area contributed by atoms with Crippen LogP contribution in [0.2, 0.25) is 0 Å². The van der Waals surface area contributed by atoms with E-state index < -0.39 is 0 Å². The van der Waals surface area contributed by atoms with Gasteiger partial charge in [0.2, 0.25) is 0 Å². The lowest BCUT2D eigenvalue weighted by molar-refractivity contribution is -0.123. The van der Waals surface area contributed by atoms with Gasteiger partial charge in [0.05, 0.1) is 5.52 Å². The number of benzene rings is 2. The lowest BCUT2D eigenvalue weighted by Gasteiger charge is -2.09. The van der Waals surface area contributed by atoms with Gasteiger partial charge in [0, 0.05) is 18.1 Å². The van der Waals surface area contributed by atoms with Crippen LogP contribution in [-0.2, 0) is 11.3 Å². The molecule has 0 fully saturated rings. The molecule has 0 unspecified atom stereocenters. The van der Waals surface area contributed by atoms with Crippen molar-refractivity contribution in [2.24, 2.45) is 0 Å². The minimum Gasteiger partial charge on any atom is -0.484 e. The fraction of sp³-hybridized carbons (Fsp3) is 0.158. The minimum atomic E-state index is -0.146. The van der Waals surface area contributed by atoms with Gasteiger partial charge in [-0.2, -0.15) is 0 Å². The third-order valence-electron chi connectivity index (χ3n) is 3.57. The smallest absolute Gasteiger partial charge is 0.258 e. The number of carbonyl (C=O) groups excluding carboxylic acids is 1. The number of amides is 1. The van der Waals surface area contributed by atoms with Gasteiger partial charge in [-0.05, 0) is 42.3 Å². The van der Waals surface area contributed by atoms with E-state index in [0.717, 1.165) is 22.0 Å². The number of hydrogen-bond acceptors (Lipinski definition) is 3. The van der Waals surface area contributed by atoms with Crippen molar-refractivity contribution in [1.29, 1.82) is 0 Å². The molecule has 0 aliphatic carbocycles. The maximum absolute atomic E-state index is 12.0. The molecule has 23 heavy (non-hydrogen) atoms. The number of aryl methyl sites for hydroxylation is 1. The molecule has 116 valence electrons. The molecule has 0 spiro atoms. The zero-order valence-electron chi connectivity index (χ0n) is 13.0. The largest absolute Gasteiger partial charge is 0.484 e. The van der Waals surface area contributed by atoms with E-state index in [1.807, 2.05) is 61.5 Å². The maximum Gasteiger partial charge on any atom is 0.258 e. The summed E-state index contributed by atoms with van der Waals surface area (Å²) in [6, 6.07) is 17.5. The summed E-state index contributed by atoms with van der Waals surface area (Å²) in [4.78, 5) is 16.3. The van der Waals surface area contributed by atoms with Crippen LogP contribution in [0, 0.1) is 6.92 Å². The number of carbonyl (C=O) groups is 1. The number of rotatable bonds is 5. The summed E-state index contributed by atoms with van der Waals surface area (Å²) in [5.41, 5.74) is 3.07. The van der Waals surface area contributed by atoms with Crippen LogP contribution >= 0.6 is 0 Å². The van der Waals surface area contributed by atoms with Crippen LogP contribution in [0.25, 0.3) is 10.9 Å². The number of hydrogen-bond donors (Lipinski definition) is 1. The number of nitrogens with one attached hydrogen (secondary N) is 1. The van der Waals surface area contributed by atoms with E-state index in [1.165, 1.54) is 0 Å². The number of para-hydroxylation sites is 1. The van der Waals surface area contributed by atoms with E-state index >= 15 is 0 Å². The van der Waals surface area contributed by atoms with Crippen LogP contribution in [0.5, 0.6) is 5.75 Å². The number of pyridine rings is 1. The predicted molar refractivity (Wildman–Crippen MR) is 90.3 cm³/mol. The average molecular weight is 306 g/mol. The average Bonchev–Trinajstić information content (AvgIpc) is 2.58. The van der Waals surface area contributed by atoms with Crippen molar-refractivity contribution in [3.63, 3.8) is 0 Å². The Labute approximate surface area is 135 Å². The molecule has 0 radical (unpaired) electrons. The number of fused-ring (bicyclic) bond motifs is 1. The first-order valence-corrected chi connectivity index (χ1v) is 7.51. The number of nitrogens with zero attached hydrogens (tertiary/aromatic N) is 1. The van der Waals surface area contributed by atoms with E-state index in [4.69, 9.17) is 4.74 Å². The first-order chi connectivity index (χ1) is 11.2. The highest BCUT2D eigenvalue weighted by Gasteiger charge is 2.05. The molecule has 2 aromatic carbocycles. The normalized spacial score (nSPS) is 10.5. The SMILES string of the molecule is Cc1cccc(OCC(=O)NCc2ccnc3ccccc23)c1. The standard InChI is InChI=1S/C19H18N2O2/c1-14-5-4-6-16(11-14)23-13-19(22)21-12-15-9-10-20-18-8-3-2-7-17(15)18/h2-11H,12-13H2,1H3,(H,21,22). The van der Waals surface area contributed by atoms with Gasteiger partial charge >= 0.3 is 0 Å². The van der Waals surface area contributed by atoms with Crippen molar-refractivity contribution >= 4 is 16.8 Å². The molecular formula is C19H18N2O2. The predicted octanol–water partition coefficient (Wildman–Crippen LogP) is 3.24. The Kier molecular flexibility index (Phi) is 4.52. The van der Waals surface area contributed by atoms with Gasteiger partial charge in [-0.15, -0.1) is 0 Å². The van der Waals surface area contributed by atoms with Gasteiger partial charge in [-0.25, -0.2) is 0 Å². The highest BCUT2D eigenvalue weighted by molar-refractivity contribution is 5.83. The summed E-state index contributed by atoms with van der Waals surface area (Å²) in [5, 5.41) is 3.94. The highest BCUT2D eigenvalue weighted by atomic mass is 16.5. The zero-order valence-corrected chi connectivity index (χ0v) is 13.0. The first kappa shape index (κ1) is 15.0. The Morgan fingerprint density at radius 1 is 1.13 bits per heavy atom. The number of ether oxygens (including phenoxy) is 1. The molecule has 0 aliphatic heterocycles. The van der Waals surface area contributed by atoms with Crippen LogP contribution in [-0.4, -0.2) is 17.5 Å². The van der Waals surface area contributed by atoms with Crippen molar-refractivity contribution in [2.45, 2.75) is 13.5 Å². The molecule has 0 atom stereocenters. The van der Waals surface area contributed by atoms with Gasteiger partial charge in [-0.3, -0.25) is 9.78 Å². The van der Waals surface area contributed by atoms with Crippen molar-refractivity contribution in [1.82, 2.24) is 10.3 Å². The quantitative estimate of drug-likeness (QED) is 0.787. The van der Waals surface area contributed by atoms with Gasteiger partial charge < -0.3 is 10.1 Å². The Morgan fingerprint density at radius 2 is 2.00 bits per heavy atom. The second kappa shape index (κ2) is 6.92. The summed E-state index contributed by atoms with van der Waals surface area (Å²) < 4.78 is 5.50. The molecule has 1 amide bonds. The lowest BCUT2D eigenvalue weighted by Crippen LogP contribution is -2.28. The molecule has 0 saturated heterocycles. The Morgan fingerprint density at radius 3 is 2.87 bits per heavy atom. The monoisotopic (exact) mass is 306 g/mol. The number of aromatic nitrogens is 1. The van der Waals surface area contributed by atoms with Crippen LogP contribution in [0.1, 0.15) is 11.1 Å². The molecule has 1 N–H and O–H groups in total.